The van der Waals surface area contributed by atoms with Gasteiger partial charge < -0.3 is 21.1 Å². The van der Waals surface area contributed by atoms with Crippen LogP contribution >= 0.6 is 0 Å². The fourth-order valence-corrected chi connectivity index (χ4v) is 4.32. The van der Waals surface area contributed by atoms with Gasteiger partial charge in [0.1, 0.15) is 0 Å². The highest BCUT2D eigenvalue weighted by Gasteiger charge is 2.42. The number of nitrogens with one attached hydrogen (secondary N) is 2. The lowest BCUT2D eigenvalue weighted by Crippen LogP contribution is -2.57. The van der Waals surface area contributed by atoms with Crippen LogP contribution in [0.4, 0.5) is 0 Å². The number of amides is 2. The van der Waals surface area contributed by atoms with Crippen molar-refractivity contribution in [1.29, 1.82) is 0 Å². The van der Waals surface area contributed by atoms with Crippen molar-refractivity contribution < 1.29 is 14.3 Å². The molecule has 2 aromatic rings. The van der Waals surface area contributed by atoms with E-state index in [4.69, 9.17) is 10.5 Å². The zero-order chi connectivity index (χ0) is 21.7. The molecule has 0 bridgehead atoms. The van der Waals surface area contributed by atoms with Crippen LogP contribution in [0.5, 0.6) is 0 Å². The Morgan fingerprint density at radius 3 is 2.50 bits per heavy atom. The normalized spacial score (nSPS) is 19.7. The van der Waals surface area contributed by atoms with E-state index >= 15 is 0 Å². The molecule has 160 valence electrons. The maximum atomic E-state index is 12.1. The minimum atomic E-state index is -0.416. The molecule has 4 N–H and O–H groups in total. The summed E-state index contributed by atoms with van der Waals surface area (Å²) in [5.74, 6) is -0.475. The number of hydrogen-bond donors (Lipinski definition) is 3. The summed E-state index contributed by atoms with van der Waals surface area (Å²) in [5, 5.41) is 6.58. The summed E-state index contributed by atoms with van der Waals surface area (Å²) in [6, 6.07) is 15.0. The fourth-order valence-electron chi connectivity index (χ4n) is 4.32. The monoisotopic (exact) mass is 409 g/mol. The lowest BCUT2D eigenvalue weighted by molar-refractivity contribution is 0.0356. The molecule has 0 heterocycles. The van der Waals surface area contributed by atoms with Gasteiger partial charge in [0.15, 0.2) is 0 Å². The van der Waals surface area contributed by atoms with E-state index in [-0.39, 0.29) is 23.5 Å². The molecular weight excluding hydrogens is 378 g/mol. The van der Waals surface area contributed by atoms with E-state index in [0.717, 1.165) is 24.9 Å². The molecule has 2 atom stereocenters. The standard InChI is InChI=1S/C24H31N3O3/c1-24(2)19-14-18(22(25)28)11-10-17(19)15-20(30-3)21(24)26-12-7-13-27-23(29)16-8-5-4-6-9-16/h4-6,8-11,14,20-21,26H,7,12-13,15H2,1-3H3,(H2,25,28)(H,27,29)/t20-,21+/m1/s1. The van der Waals surface area contributed by atoms with Gasteiger partial charge in [-0.3, -0.25) is 9.59 Å². The number of nitrogens with two attached hydrogens (primary N) is 1. The Hall–Kier alpha value is -2.70. The first-order chi connectivity index (χ1) is 14.3. The van der Waals surface area contributed by atoms with Gasteiger partial charge in [0.25, 0.3) is 5.91 Å². The van der Waals surface area contributed by atoms with Crippen molar-refractivity contribution in [2.75, 3.05) is 20.2 Å². The quantitative estimate of drug-likeness (QED) is 0.584. The molecule has 3 rings (SSSR count). The second-order valence-corrected chi connectivity index (χ2v) is 8.34. The molecule has 0 saturated heterocycles. The van der Waals surface area contributed by atoms with Gasteiger partial charge in [-0.25, -0.2) is 0 Å². The predicted molar refractivity (Wildman–Crippen MR) is 118 cm³/mol. The zero-order valence-electron chi connectivity index (χ0n) is 17.9. The highest BCUT2D eigenvalue weighted by Crippen LogP contribution is 2.38. The Morgan fingerprint density at radius 1 is 1.10 bits per heavy atom. The minimum absolute atomic E-state index is 0.0193. The Labute approximate surface area is 178 Å². The highest BCUT2D eigenvalue weighted by molar-refractivity contribution is 5.94. The van der Waals surface area contributed by atoms with Crippen LogP contribution in [0, 0.1) is 0 Å². The Balaban J connectivity index is 1.61. The molecule has 2 aromatic carbocycles. The average molecular weight is 410 g/mol. The molecule has 6 heteroatoms. The van der Waals surface area contributed by atoms with Crippen LogP contribution < -0.4 is 16.4 Å². The van der Waals surface area contributed by atoms with Gasteiger partial charge in [-0.1, -0.05) is 38.1 Å². The van der Waals surface area contributed by atoms with Gasteiger partial charge >= 0.3 is 0 Å². The fraction of sp³-hybridized carbons (Fsp3) is 0.417. The van der Waals surface area contributed by atoms with Gasteiger partial charge in [0.2, 0.25) is 5.91 Å². The van der Waals surface area contributed by atoms with E-state index in [1.54, 1.807) is 25.3 Å². The van der Waals surface area contributed by atoms with E-state index in [1.807, 2.05) is 30.3 Å². The number of hydrogen-bond acceptors (Lipinski definition) is 4. The molecular formula is C24H31N3O3. The van der Waals surface area contributed by atoms with Crippen LogP contribution in [-0.2, 0) is 16.6 Å². The Morgan fingerprint density at radius 2 is 1.83 bits per heavy atom. The molecule has 30 heavy (non-hydrogen) atoms. The molecule has 0 aromatic heterocycles. The lowest BCUT2D eigenvalue weighted by atomic mass is 9.67. The summed E-state index contributed by atoms with van der Waals surface area (Å²) in [6.07, 6.45) is 1.60. The van der Waals surface area contributed by atoms with E-state index in [1.165, 1.54) is 5.56 Å². The summed E-state index contributed by atoms with van der Waals surface area (Å²) in [4.78, 5) is 23.8. The van der Waals surface area contributed by atoms with Gasteiger partial charge in [0.05, 0.1) is 6.10 Å². The van der Waals surface area contributed by atoms with Gasteiger partial charge in [-0.2, -0.15) is 0 Å². The second kappa shape index (κ2) is 9.41. The van der Waals surface area contributed by atoms with E-state index in [2.05, 4.69) is 24.5 Å². The van der Waals surface area contributed by atoms with E-state index in [0.29, 0.717) is 17.7 Å². The molecule has 2 amide bonds. The molecule has 0 fully saturated rings. The van der Waals surface area contributed by atoms with Crippen molar-refractivity contribution in [1.82, 2.24) is 10.6 Å². The van der Waals surface area contributed by atoms with Crippen LogP contribution in [0.25, 0.3) is 0 Å². The van der Waals surface area contributed by atoms with Gasteiger partial charge in [-0.15, -0.1) is 0 Å². The van der Waals surface area contributed by atoms with Crippen molar-refractivity contribution in [3.63, 3.8) is 0 Å². The molecule has 0 saturated carbocycles. The van der Waals surface area contributed by atoms with Crippen LogP contribution in [0.2, 0.25) is 0 Å². The third-order valence-electron chi connectivity index (χ3n) is 6.00. The predicted octanol–water partition coefficient (Wildman–Crippen LogP) is 2.41. The maximum Gasteiger partial charge on any atom is 0.251 e. The molecule has 0 spiro atoms. The lowest BCUT2D eigenvalue weighted by Gasteiger charge is -2.45. The highest BCUT2D eigenvalue weighted by atomic mass is 16.5. The molecule has 6 nitrogen and oxygen atoms in total. The van der Waals surface area contributed by atoms with Crippen molar-refractivity contribution in [3.05, 3.63) is 70.8 Å². The summed E-state index contributed by atoms with van der Waals surface area (Å²) < 4.78 is 5.80. The second-order valence-electron chi connectivity index (χ2n) is 8.34. The summed E-state index contributed by atoms with van der Waals surface area (Å²) in [7, 11) is 1.73. The van der Waals surface area contributed by atoms with Gasteiger partial charge in [-0.05, 0) is 48.4 Å². The van der Waals surface area contributed by atoms with Crippen molar-refractivity contribution in [2.24, 2.45) is 5.73 Å². The Bertz CT molecular complexity index is 896. The van der Waals surface area contributed by atoms with Crippen LogP contribution in [0.1, 0.15) is 52.1 Å². The van der Waals surface area contributed by atoms with E-state index in [9.17, 15) is 9.59 Å². The third-order valence-corrected chi connectivity index (χ3v) is 6.00. The molecule has 0 radical (unpaired) electrons. The largest absolute Gasteiger partial charge is 0.379 e. The summed E-state index contributed by atoms with van der Waals surface area (Å²) >= 11 is 0. The summed E-state index contributed by atoms with van der Waals surface area (Å²) in [5.41, 5.74) is 8.75. The average Bonchev–Trinajstić information content (AvgIpc) is 2.74. The first kappa shape index (κ1) is 22.0. The molecule has 0 unspecified atom stereocenters. The number of carbonyl (C=O) groups is 2. The topological polar surface area (TPSA) is 93.4 Å². The molecule has 1 aliphatic carbocycles. The van der Waals surface area contributed by atoms with Crippen LogP contribution in [0.3, 0.4) is 0 Å². The van der Waals surface area contributed by atoms with Crippen molar-refractivity contribution in [3.8, 4) is 0 Å². The number of methoxy groups -OCH3 is 1. The number of benzene rings is 2. The Kier molecular flexibility index (Phi) is 6.90. The van der Waals surface area contributed by atoms with Crippen molar-refractivity contribution >= 4 is 11.8 Å². The third kappa shape index (κ3) is 4.71. The maximum absolute atomic E-state index is 12.1. The van der Waals surface area contributed by atoms with E-state index < -0.39 is 5.91 Å². The summed E-state index contributed by atoms with van der Waals surface area (Å²) in [6.45, 7) is 5.66. The zero-order valence-corrected chi connectivity index (χ0v) is 17.9. The van der Waals surface area contributed by atoms with Crippen LogP contribution in [0.15, 0.2) is 48.5 Å². The number of primary amides is 1. The minimum Gasteiger partial charge on any atom is -0.379 e. The number of fused-ring (bicyclic) bond motifs is 1. The first-order valence-electron chi connectivity index (χ1n) is 10.4. The van der Waals surface area contributed by atoms with Crippen molar-refractivity contribution in [2.45, 2.75) is 44.2 Å². The van der Waals surface area contributed by atoms with Gasteiger partial charge in [0, 0.05) is 42.7 Å². The molecule has 0 aliphatic heterocycles. The van der Waals surface area contributed by atoms with Crippen LogP contribution in [-0.4, -0.2) is 44.2 Å². The smallest absolute Gasteiger partial charge is 0.251 e. The molecule has 1 aliphatic rings. The number of carbonyl (C=O) groups excluding carboxylic acids is 2. The SMILES string of the molecule is CO[C@@H]1Cc2ccc(C(N)=O)cc2C(C)(C)[C@H]1NCCCNC(=O)c1ccccc1. The number of rotatable bonds is 8. The first-order valence-corrected chi connectivity index (χ1v) is 10.4. The number of ether oxygens (including phenoxy) is 1.